The van der Waals surface area contributed by atoms with Gasteiger partial charge in [0.15, 0.2) is 6.40 Å². The molecule has 0 saturated carbocycles. The number of aldehydes is 1. The molecule has 58 heavy (non-hydrogen) atoms. The molecule has 23 nitrogen and oxygen atoms in total. The standard InChI is InChI=1S/C35H64N8O15/c1-35(43(11-12-44)21-32(48)49)23-41(20-31(46)47)9-10-42(24-35)29(34(51)52)5-13-56-25-39-7-14-53-16-18-55-22-30(45)40-8-15-54-17-19-57-27-58-26-38-6-3-2-4-28(36)33(37)50/h12,25,28-29,38H,2-11,13-24,26-27,36H2,1H3,(H2,37,50)(H,40,45)(H,46,47)(H,48,49)(H,51,52). The van der Waals surface area contributed by atoms with Crippen LogP contribution in [0.2, 0.25) is 0 Å². The molecule has 1 aliphatic heterocycles. The van der Waals surface area contributed by atoms with Crippen LogP contribution in [0.15, 0.2) is 4.99 Å². The van der Waals surface area contributed by atoms with Crippen LogP contribution in [-0.4, -0.2) is 222 Å². The molecule has 1 saturated heterocycles. The topological polar surface area (TPSA) is 317 Å². The first-order valence-electron chi connectivity index (χ1n) is 19.1. The number of primary amides is 1. The fourth-order valence-corrected chi connectivity index (χ4v) is 5.81. The van der Waals surface area contributed by atoms with Crippen molar-refractivity contribution in [3.63, 3.8) is 0 Å². The van der Waals surface area contributed by atoms with E-state index in [4.69, 9.17) is 39.9 Å². The third-order valence-electron chi connectivity index (χ3n) is 8.70. The average molecular weight is 837 g/mol. The molecule has 0 radical (unpaired) electrons. The van der Waals surface area contributed by atoms with Gasteiger partial charge in [0.25, 0.3) is 0 Å². The Labute approximate surface area is 338 Å². The van der Waals surface area contributed by atoms with Gasteiger partial charge in [0.05, 0.1) is 85.2 Å². The largest absolute Gasteiger partial charge is 0.483 e. The number of ether oxygens (including phenoxy) is 6. The number of unbranched alkanes of at least 4 members (excludes halogenated alkanes) is 1. The van der Waals surface area contributed by atoms with Crippen LogP contribution in [0.4, 0.5) is 0 Å². The molecule has 0 aliphatic carbocycles. The maximum atomic E-state index is 12.3. The van der Waals surface area contributed by atoms with Gasteiger partial charge in [-0.2, -0.15) is 0 Å². The Hall–Kier alpha value is -3.91. The second kappa shape index (κ2) is 32.0. The Kier molecular flexibility index (Phi) is 28.8. The van der Waals surface area contributed by atoms with E-state index in [-0.39, 0.29) is 98.0 Å². The Morgan fingerprint density at radius 1 is 0.879 bits per heavy atom. The normalized spacial score (nSPS) is 17.5. The van der Waals surface area contributed by atoms with Crippen molar-refractivity contribution in [2.45, 2.75) is 50.2 Å². The lowest BCUT2D eigenvalue weighted by Crippen LogP contribution is -2.60. The molecule has 23 heteroatoms. The Morgan fingerprint density at radius 2 is 1.60 bits per heavy atom. The number of carboxylic acid groups (broad SMARTS) is 3. The smallest absolute Gasteiger partial charge is 0.321 e. The van der Waals surface area contributed by atoms with Crippen LogP contribution in [-0.2, 0) is 57.2 Å². The highest BCUT2D eigenvalue weighted by atomic mass is 16.7. The molecule has 1 fully saturated rings. The SMILES string of the molecule is CC1(N(CC=O)CC(=O)O)CN(CC(=O)O)CCN(C(CCOC=NCCOCCOCC(=O)NCCOCCOCOCNCCCCC(N)C(N)=O)C(=O)O)C1. The van der Waals surface area contributed by atoms with Crippen LogP contribution in [0.1, 0.15) is 32.6 Å². The van der Waals surface area contributed by atoms with Gasteiger partial charge in [0.2, 0.25) is 11.8 Å². The number of rotatable bonds is 37. The molecule has 1 aliphatic rings. The van der Waals surface area contributed by atoms with Gasteiger partial charge in [0, 0.05) is 44.7 Å². The van der Waals surface area contributed by atoms with Crippen LogP contribution in [0.25, 0.3) is 0 Å². The van der Waals surface area contributed by atoms with Crippen molar-refractivity contribution in [2.24, 2.45) is 16.5 Å². The van der Waals surface area contributed by atoms with E-state index in [2.05, 4.69) is 15.6 Å². The number of nitrogens with one attached hydrogen (secondary N) is 2. The second-order valence-electron chi connectivity index (χ2n) is 13.5. The summed E-state index contributed by atoms with van der Waals surface area (Å²) in [7, 11) is 0. The van der Waals surface area contributed by atoms with Gasteiger partial charge in [-0.25, -0.2) is 0 Å². The second-order valence-corrected chi connectivity index (χ2v) is 13.5. The number of nitrogens with zero attached hydrogens (tertiary/aromatic N) is 4. The van der Waals surface area contributed by atoms with Gasteiger partial charge < -0.3 is 65.3 Å². The third-order valence-corrected chi connectivity index (χ3v) is 8.70. The Balaban J connectivity index is 2.15. The molecular weight excluding hydrogens is 772 g/mol. The number of carboxylic acids is 3. The summed E-state index contributed by atoms with van der Waals surface area (Å²) in [6, 6.07) is -1.64. The summed E-state index contributed by atoms with van der Waals surface area (Å²) in [6.45, 7) is 4.49. The van der Waals surface area contributed by atoms with E-state index >= 15 is 0 Å². The van der Waals surface area contributed by atoms with E-state index in [0.29, 0.717) is 52.3 Å². The maximum Gasteiger partial charge on any atom is 0.321 e. The van der Waals surface area contributed by atoms with E-state index in [1.807, 2.05) is 0 Å². The predicted octanol–water partition coefficient (Wildman–Crippen LogP) is -3.39. The fraction of sp³-hybridized carbons (Fsp3) is 0.800. The lowest BCUT2D eigenvalue weighted by molar-refractivity contribution is -0.146. The number of hydrogen-bond acceptors (Lipinski definition) is 18. The summed E-state index contributed by atoms with van der Waals surface area (Å²) < 4.78 is 32.1. The molecule has 1 rings (SSSR count). The molecule has 3 unspecified atom stereocenters. The zero-order valence-electron chi connectivity index (χ0n) is 33.5. The van der Waals surface area contributed by atoms with Crippen molar-refractivity contribution >= 4 is 42.4 Å². The van der Waals surface area contributed by atoms with Crippen LogP contribution in [0, 0.1) is 0 Å². The lowest BCUT2D eigenvalue weighted by Gasteiger charge is -2.43. The minimum Gasteiger partial charge on any atom is -0.483 e. The van der Waals surface area contributed by atoms with Crippen molar-refractivity contribution < 1.29 is 72.5 Å². The number of nitrogens with two attached hydrogens (primary N) is 2. The zero-order valence-corrected chi connectivity index (χ0v) is 33.5. The van der Waals surface area contributed by atoms with Gasteiger partial charge in [-0.05, 0) is 26.3 Å². The highest BCUT2D eigenvalue weighted by molar-refractivity contribution is 5.79. The first kappa shape index (κ1) is 52.1. The Morgan fingerprint density at radius 3 is 2.29 bits per heavy atom. The molecule has 2 amide bonds. The summed E-state index contributed by atoms with van der Waals surface area (Å²) in [6.07, 6.45) is 4.00. The number of carbonyl (C=O) groups excluding carboxylic acids is 3. The molecule has 334 valence electrons. The molecule has 0 aromatic carbocycles. The highest BCUT2D eigenvalue weighted by Gasteiger charge is 2.42. The van der Waals surface area contributed by atoms with E-state index < -0.39 is 48.0 Å². The van der Waals surface area contributed by atoms with E-state index in [0.717, 1.165) is 12.8 Å². The maximum absolute atomic E-state index is 12.3. The van der Waals surface area contributed by atoms with Crippen LogP contribution in [0.3, 0.4) is 0 Å². The quantitative estimate of drug-likeness (QED) is 0.0105. The van der Waals surface area contributed by atoms with Gasteiger partial charge in [-0.1, -0.05) is 6.42 Å². The summed E-state index contributed by atoms with van der Waals surface area (Å²) in [5.41, 5.74) is 9.63. The number of aliphatic carboxylic acids is 3. The van der Waals surface area contributed by atoms with Crippen molar-refractivity contribution in [3.05, 3.63) is 0 Å². The lowest BCUT2D eigenvalue weighted by atomic mass is 9.97. The molecule has 0 spiro atoms. The fourth-order valence-electron chi connectivity index (χ4n) is 5.81. The Bertz CT molecular complexity index is 1240. The highest BCUT2D eigenvalue weighted by Crippen LogP contribution is 2.24. The molecule has 0 aromatic rings. The van der Waals surface area contributed by atoms with Gasteiger partial charge in [0.1, 0.15) is 25.7 Å². The van der Waals surface area contributed by atoms with E-state index in [9.17, 15) is 44.1 Å². The van der Waals surface area contributed by atoms with Gasteiger partial charge >= 0.3 is 17.9 Å². The van der Waals surface area contributed by atoms with E-state index in [1.165, 1.54) is 11.3 Å². The van der Waals surface area contributed by atoms with Crippen molar-refractivity contribution in [1.29, 1.82) is 0 Å². The van der Waals surface area contributed by atoms with Gasteiger partial charge in [-0.3, -0.25) is 49.0 Å². The number of carbonyl (C=O) groups is 6. The molecular formula is C35H64N8O15. The minimum absolute atomic E-state index is 0.00653. The summed E-state index contributed by atoms with van der Waals surface area (Å²) in [5.74, 6) is -4.18. The predicted molar refractivity (Wildman–Crippen MR) is 206 cm³/mol. The summed E-state index contributed by atoms with van der Waals surface area (Å²) in [5, 5.41) is 34.6. The zero-order chi connectivity index (χ0) is 43.0. The van der Waals surface area contributed by atoms with E-state index in [1.54, 1.807) is 16.7 Å². The number of aliphatic imine (C=N–C) groups is 1. The molecule has 3 atom stereocenters. The number of amides is 2. The molecule has 0 bridgehead atoms. The van der Waals surface area contributed by atoms with Crippen LogP contribution in [0.5, 0.6) is 0 Å². The van der Waals surface area contributed by atoms with Crippen molar-refractivity contribution in [1.82, 2.24) is 25.3 Å². The molecule has 9 N–H and O–H groups in total. The third kappa shape index (κ3) is 25.5. The summed E-state index contributed by atoms with van der Waals surface area (Å²) >= 11 is 0. The van der Waals surface area contributed by atoms with Gasteiger partial charge in [-0.15, -0.1) is 0 Å². The van der Waals surface area contributed by atoms with Crippen LogP contribution >= 0.6 is 0 Å². The monoisotopic (exact) mass is 836 g/mol. The first-order chi connectivity index (χ1) is 27.8. The first-order valence-corrected chi connectivity index (χ1v) is 19.1. The minimum atomic E-state index is -1.17. The number of hydrogen-bond donors (Lipinski definition) is 7. The molecule has 0 aromatic heterocycles. The van der Waals surface area contributed by atoms with Crippen molar-refractivity contribution in [2.75, 3.05) is 132 Å². The van der Waals surface area contributed by atoms with Crippen molar-refractivity contribution in [3.8, 4) is 0 Å². The summed E-state index contributed by atoms with van der Waals surface area (Å²) in [4.78, 5) is 78.2. The molecule has 1 heterocycles. The van der Waals surface area contributed by atoms with Crippen LogP contribution < -0.4 is 22.1 Å². The average Bonchev–Trinajstić information content (AvgIpc) is 3.32.